The van der Waals surface area contributed by atoms with Gasteiger partial charge in [0.15, 0.2) is 0 Å². The molecule has 0 aliphatic carbocycles. The zero-order valence-corrected chi connectivity index (χ0v) is 12.2. The molecule has 0 radical (unpaired) electrons. The van der Waals surface area contributed by atoms with Gasteiger partial charge in [0.25, 0.3) is 0 Å². The Hall–Kier alpha value is -0.840. The zero-order chi connectivity index (χ0) is 12.6. The zero-order valence-electron chi connectivity index (χ0n) is 11.4. The fourth-order valence-electron chi connectivity index (χ4n) is 3.24. The van der Waals surface area contributed by atoms with Crippen LogP contribution in [0.4, 0.5) is 0 Å². The van der Waals surface area contributed by atoms with Crippen molar-refractivity contribution in [1.29, 1.82) is 0 Å². The first-order chi connectivity index (χ1) is 8.67. The summed E-state index contributed by atoms with van der Waals surface area (Å²) in [6.45, 7) is 7.30. The third-order valence-corrected chi connectivity index (χ3v) is 4.31. The molecule has 2 saturated heterocycles. The second-order valence-electron chi connectivity index (χ2n) is 5.81. The number of aromatic hydroxyl groups is 1. The van der Waals surface area contributed by atoms with Crippen LogP contribution in [0.15, 0.2) is 12.1 Å². The monoisotopic (exact) mass is 283 g/mol. The number of nitrogens with one attached hydrogen (secondary N) is 1. The Bertz CT molecular complexity index is 446. The summed E-state index contributed by atoms with van der Waals surface area (Å²) in [5, 5.41) is 13.3. The second kappa shape index (κ2) is 5.65. The first-order valence-corrected chi connectivity index (χ1v) is 6.76. The number of rotatable bonds is 2. The molecule has 0 saturated carbocycles. The minimum absolute atomic E-state index is 0. The third kappa shape index (κ3) is 3.02. The van der Waals surface area contributed by atoms with Crippen molar-refractivity contribution in [2.24, 2.45) is 5.41 Å². The number of halogens is 1. The summed E-state index contributed by atoms with van der Waals surface area (Å²) in [5.74, 6) is 0.325. The quantitative estimate of drug-likeness (QED) is 0.867. The maximum absolute atomic E-state index is 9.85. The Morgan fingerprint density at radius 3 is 3.00 bits per heavy atom. The van der Waals surface area contributed by atoms with E-state index in [0.29, 0.717) is 11.2 Å². The molecule has 2 aliphatic heterocycles. The molecule has 4 nitrogen and oxygen atoms in total. The highest BCUT2D eigenvalue weighted by Crippen LogP contribution is 2.36. The van der Waals surface area contributed by atoms with Crippen LogP contribution in [0.25, 0.3) is 0 Å². The molecule has 0 bridgehead atoms. The molecule has 5 heteroatoms. The van der Waals surface area contributed by atoms with Gasteiger partial charge in [0, 0.05) is 25.3 Å². The fourth-order valence-corrected chi connectivity index (χ4v) is 3.24. The van der Waals surface area contributed by atoms with Crippen molar-refractivity contribution in [2.45, 2.75) is 26.3 Å². The van der Waals surface area contributed by atoms with Gasteiger partial charge in [-0.2, -0.15) is 0 Å². The lowest BCUT2D eigenvalue weighted by molar-refractivity contribution is 0.263. The van der Waals surface area contributed by atoms with Gasteiger partial charge in [0.05, 0.1) is 5.69 Å². The SMILES string of the molecule is Cc1ccc(O)c(CN2CCC3(CCNC3)C2)n1.Cl. The van der Waals surface area contributed by atoms with Crippen LogP contribution in [0.3, 0.4) is 0 Å². The summed E-state index contributed by atoms with van der Waals surface area (Å²) in [4.78, 5) is 6.87. The number of hydrogen-bond acceptors (Lipinski definition) is 4. The van der Waals surface area contributed by atoms with Crippen molar-refractivity contribution >= 4 is 12.4 Å². The van der Waals surface area contributed by atoms with Crippen LogP contribution in [-0.2, 0) is 6.54 Å². The van der Waals surface area contributed by atoms with Crippen molar-refractivity contribution in [1.82, 2.24) is 15.2 Å². The fraction of sp³-hybridized carbons (Fsp3) is 0.643. The van der Waals surface area contributed by atoms with Gasteiger partial charge < -0.3 is 10.4 Å². The van der Waals surface area contributed by atoms with E-state index in [1.807, 2.05) is 13.0 Å². The molecule has 1 aromatic rings. The molecule has 3 rings (SSSR count). The van der Waals surface area contributed by atoms with Gasteiger partial charge in [-0.05, 0) is 50.4 Å². The van der Waals surface area contributed by atoms with Crippen molar-refractivity contribution in [2.75, 3.05) is 26.2 Å². The predicted octanol–water partition coefficient (Wildman–Crippen LogP) is 1.70. The van der Waals surface area contributed by atoms with E-state index in [1.165, 1.54) is 12.8 Å². The average Bonchev–Trinajstić information content (AvgIpc) is 2.95. The average molecular weight is 284 g/mol. The highest BCUT2D eigenvalue weighted by atomic mass is 35.5. The lowest BCUT2D eigenvalue weighted by atomic mass is 9.87. The van der Waals surface area contributed by atoms with E-state index in [4.69, 9.17) is 0 Å². The number of hydrogen-bond donors (Lipinski definition) is 2. The molecule has 0 aromatic carbocycles. The van der Waals surface area contributed by atoms with Gasteiger partial charge in [-0.15, -0.1) is 12.4 Å². The molecular weight excluding hydrogens is 262 g/mol. The smallest absolute Gasteiger partial charge is 0.138 e. The molecular formula is C14H22ClN3O. The molecule has 2 N–H and O–H groups in total. The first-order valence-electron chi connectivity index (χ1n) is 6.76. The molecule has 1 atom stereocenters. The van der Waals surface area contributed by atoms with E-state index in [0.717, 1.165) is 44.1 Å². The first kappa shape index (κ1) is 14.6. The standard InChI is InChI=1S/C14H21N3O.ClH/c1-11-2-3-13(18)12(16-11)8-17-7-5-14(10-17)4-6-15-9-14;/h2-3,15,18H,4-10H2,1H3;1H. The lowest BCUT2D eigenvalue weighted by Crippen LogP contribution is -2.29. The predicted molar refractivity (Wildman–Crippen MR) is 77.7 cm³/mol. The molecule has 106 valence electrons. The van der Waals surface area contributed by atoms with E-state index >= 15 is 0 Å². The van der Waals surface area contributed by atoms with E-state index < -0.39 is 0 Å². The van der Waals surface area contributed by atoms with Gasteiger partial charge in [0.2, 0.25) is 0 Å². The van der Waals surface area contributed by atoms with E-state index in [-0.39, 0.29) is 12.4 Å². The van der Waals surface area contributed by atoms with E-state index in [2.05, 4.69) is 15.2 Å². The van der Waals surface area contributed by atoms with Crippen molar-refractivity contribution in [3.05, 3.63) is 23.5 Å². The second-order valence-corrected chi connectivity index (χ2v) is 5.81. The summed E-state index contributed by atoms with van der Waals surface area (Å²) in [6, 6.07) is 3.60. The van der Waals surface area contributed by atoms with Crippen LogP contribution in [0.2, 0.25) is 0 Å². The van der Waals surface area contributed by atoms with E-state index in [1.54, 1.807) is 6.07 Å². The number of pyridine rings is 1. The molecule has 19 heavy (non-hydrogen) atoms. The maximum Gasteiger partial charge on any atom is 0.138 e. The highest BCUT2D eigenvalue weighted by Gasteiger charge is 2.40. The summed E-state index contributed by atoms with van der Waals surface area (Å²) in [6.07, 6.45) is 2.56. The molecule has 0 amide bonds. The van der Waals surface area contributed by atoms with Crippen molar-refractivity contribution < 1.29 is 5.11 Å². The van der Waals surface area contributed by atoms with Crippen LogP contribution in [-0.4, -0.2) is 41.2 Å². The summed E-state index contributed by atoms with van der Waals surface area (Å²) in [7, 11) is 0. The summed E-state index contributed by atoms with van der Waals surface area (Å²) < 4.78 is 0. The normalized spacial score (nSPS) is 26.8. The Kier molecular flexibility index (Phi) is 4.33. The Labute approximate surface area is 120 Å². The van der Waals surface area contributed by atoms with Crippen LogP contribution in [0.1, 0.15) is 24.2 Å². The number of aryl methyl sites for hydroxylation is 1. The van der Waals surface area contributed by atoms with Gasteiger partial charge >= 0.3 is 0 Å². The van der Waals surface area contributed by atoms with Crippen molar-refractivity contribution in [3.63, 3.8) is 0 Å². The van der Waals surface area contributed by atoms with Crippen molar-refractivity contribution in [3.8, 4) is 5.75 Å². The van der Waals surface area contributed by atoms with Crippen LogP contribution >= 0.6 is 12.4 Å². The number of aromatic nitrogens is 1. The minimum Gasteiger partial charge on any atom is -0.506 e. The summed E-state index contributed by atoms with van der Waals surface area (Å²) >= 11 is 0. The topological polar surface area (TPSA) is 48.4 Å². The Morgan fingerprint density at radius 2 is 2.26 bits per heavy atom. The van der Waals surface area contributed by atoms with Crippen LogP contribution in [0.5, 0.6) is 5.75 Å². The molecule has 2 aliphatic rings. The van der Waals surface area contributed by atoms with Gasteiger partial charge in [-0.3, -0.25) is 9.88 Å². The van der Waals surface area contributed by atoms with Crippen LogP contribution < -0.4 is 5.32 Å². The Balaban J connectivity index is 0.00000133. The molecule has 2 fully saturated rings. The number of likely N-dealkylation sites (tertiary alicyclic amines) is 1. The molecule has 1 aromatic heterocycles. The third-order valence-electron chi connectivity index (χ3n) is 4.31. The summed E-state index contributed by atoms with van der Waals surface area (Å²) in [5.41, 5.74) is 2.27. The highest BCUT2D eigenvalue weighted by molar-refractivity contribution is 5.85. The maximum atomic E-state index is 9.85. The Morgan fingerprint density at radius 1 is 1.42 bits per heavy atom. The molecule has 1 unspecified atom stereocenters. The molecule has 3 heterocycles. The largest absolute Gasteiger partial charge is 0.506 e. The van der Waals surface area contributed by atoms with Gasteiger partial charge in [-0.1, -0.05) is 0 Å². The molecule has 1 spiro atoms. The van der Waals surface area contributed by atoms with E-state index in [9.17, 15) is 5.11 Å². The van der Waals surface area contributed by atoms with Crippen LogP contribution in [0, 0.1) is 12.3 Å². The lowest BCUT2D eigenvalue weighted by Gasteiger charge is -2.22. The number of nitrogens with zero attached hydrogens (tertiary/aromatic N) is 2. The minimum atomic E-state index is 0. The van der Waals surface area contributed by atoms with Gasteiger partial charge in [0.1, 0.15) is 5.75 Å². The van der Waals surface area contributed by atoms with Gasteiger partial charge in [-0.25, -0.2) is 0 Å².